The topological polar surface area (TPSA) is 115 Å². The maximum absolute atomic E-state index is 12.0. The summed E-state index contributed by atoms with van der Waals surface area (Å²) < 4.78 is 10.4. The number of benzene rings is 1. The van der Waals surface area contributed by atoms with Crippen LogP contribution in [0.5, 0.6) is 11.5 Å². The number of carbonyl (C=O) groups is 1. The largest absolute Gasteiger partial charge is 0.493 e. The van der Waals surface area contributed by atoms with Crippen molar-refractivity contribution in [1.82, 2.24) is 20.5 Å². The third kappa shape index (κ3) is 3.22. The van der Waals surface area contributed by atoms with Gasteiger partial charge in [0.25, 0.3) is 5.91 Å². The molecule has 0 aliphatic carbocycles. The predicted molar refractivity (Wildman–Crippen MR) is 76.2 cm³/mol. The van der Waals surface area contributed by atoms with Gasteiger partial charge in [-0.15, -0.1) is 5.10 Å². The van der Waals surface area contributed by atoms with Crippen molar-refractivity contribution in [2.24, 2.45) is 0 Å². The van der Waals surface area contributed by atoms with Crippen molar-refractivity contribution in [3.63, 3.8) is 0 Å². The van der Waals surface area contributed by atoms with Crippen LogP contribution in [0.4, 0.5) is 5.95 Å². The van der Waals surface area contributed by atoms with E-state index in [2.05, 4.69) is 20.5 Å². The Bertz CT molecular complexity index is 640. The molecule has 8 nitrogen and oxygen atoms in total. The summed E-state index contributed by atoms with van der Waals surface area (Å²) in [7, 11) is 3.12. The molecule has 0 fully saturated rings. The molecule has 1 aromatic heterocycles. The summed E-state index contributed by atoms with van der Waals surface area (Å²) in [6.07, 6.45) is 0. The number of nitrogens with two attached hydrogens (primary N) is 1. The second-order valence-corrected chi connectivity index (χ2v) is 4.35. The van der Waals surface area contributed by atoms with Gasteiger partial charge in [0.1, 0.15) is 0 Å². The van der Waals surface area contributed by atoms with Crippen LogP contribution in [0.15, 0.2) is 18.2 Å². The van der Waals surface area contributed by atoms with E-state index in [0.29, 0.717) is 11.5 Å². The second kappa shape index (κ2) is 6.12. The van der Waals surface area contributed by atoms with E-state index in [0.717, 1.165) is 5.56 Å². The van der Waals surface area contributed by atoms with Gasteiger partial charge in [-0.1, -0.05) is 6.07 Å². The number of methoxy groups -OCH3 is 2. The SMILES string of the molecule is COc1ccc(C(C)NC(=O)c2nc(N)n[nH]2)cc1OC. The number of nitrogen functional groups attached to an aromatic ring is 1. The molecule has 2 rings (SSSR count). The van der Waals surface area contributed by atoms with Crippen LogP contribution in [0.1, 0.15) is 29.1 Å². The lowest BCUT2D eigenvalue weighted by molar-refractivity contribution is 0.0930. The Balaban J connectivity index is 2.13. The number of aromatic nitrogens is 3. The zero-order valence-corrected chi connectivity index (χ0v) is 12.0. The van der Waals surface area contributed by atoms with Crippen LogP contribution in [0, 0.1) is 0 Å². The summed E-state index contributed by atoms with van der Waals surface area (Å²) in [4.78, 5) is 15.7. The van der Waals surface area contributed by atoms with E-state index in [4.69, 9.17) is 15.2 Å². The van der Waals surface area contributed by atoms with Gasteiger partial charge >= 0.3 is 0 Å². The first-order chi connectivity index (χ1) is 10.0. The minimum Gasteiger partial charge on any atom is -0.493 e. The Kier molecular flexibility index (Phi) is 4.27. The number of hydrogen-bond acceptors (Lipinski definition) is 6. The van der Waals surface area contributed by atoms with Crippen molar-refractivity contribution < 1.29 is 14.3 Å². The van der Waals surface area contributed by atoms with Crippen molar-refractivity contribution in [1.29, 1.82) is 0 Å². The van der Waals surface area contributed by atoms with Crippen LogP contribution < -0.4 is 20.5 Å². The Morgan fingerprint density at radius 1 is 1.33 bits per heavy atom. The molecule has 1 atom stereocenters. The van der Waals surface area contributed by atoms with Gasteiger partial charge < -0.3 is 20.5 Å². The zero-order chi connectivity index (χ0) is 15.4. The van der Waals surface area contributed by atoms with Crippen LogP contribution in [-0.2, 0) is 0 Å². The number of aromatic amines is 1. The van der Waals surface area contributed by atoms with Crippen LogP contribution in [0.3, 0.4) is 0 Å². The van der Waals surface area contributed by atoms with Crippen molar-refractivity contribution in [2.45, 2.75) is 13.0 Å². The number of ether oxygens (including phenoxy) is 2. The van der Waals surface area contributed by atoms with E-state index in [1.165, 1.54) is 0 Å². The predicted octanol–water partition coefficient (Wildman–Crippen LogP) is 0.895. The lowest BCUT2D eigenvalue weighted by atomic mass is 10.1. The van der Waals surface area contributed by atoms with Gasteiger partial charge in [0, 0.05) is 0 Å². The normalized spacial score (nSPS) is 11.8. The minimum atomic E-state index is -0.388. The van der Waals surface area contributed by atoms with Gasteiger partial charge in [0.2, 0.25) is 11.8 Å². The Hall–Kier alpha value is -2.77. The highest BCUT2D eigenvalue weighted by Crippen LogP contribution is 2.29. The van der Waals surface area contributed by atoms with Gasteiger partial charge in [-0.05, 0) is 24.6 Å². The van der Waals surface area contributed by atoms with E-state index >= 15 is 0 Å². The number of anilines is 1. The number of rotatable bonds is 5. The highest BCUT2D eigenvalue weighted by atomic mass is 16.5. The summed E-state index contributed by atoms with van der Waals surface area (Å²) in [5.41, 5.74) is 6.23. The highest BCUT2D eigenvalue weighted by Gasteiger charge is 2.16. The van der Waals surface area contributed by atoms with Crippen molar-refractivity contribution >= 4 is 11.9 Å². The van der Waals surface area contributed by atoms with Crippen LogP contribution in [0.2, 0.25) is 0 Å². The molecule has 4 N–H and O–H groups in total. The monoisotopic (exact) mass is 291 g/mol. The van der Waals surface area contributed by atoms with Crippen molar-refractivity contribution in [3.05, 3.63) is 29.6 Å². The van der Waals surface area contributed by atoms with Crippen molar-refractivity contribution in [2.75, 3.05) is 20.0 Å². The molecular formula is C13H17N5O3. The number of hydrogen-bond donors (Lipinski definition) is 3. The third-order valence-corrected chi connectivity index (χ3v) is 2.97. The lowest BCUT2D eigenvalue weighted by Crippen LogP contribution is -2.27. The third-order valence-electron chi connectivity index (χ3n) is 2.97. The quantitative estimate of drug-likeness (QED) is 0.753. The van der Waals surface area contributed by atoms with Crippen LogP contribution >= 0.6 is 0 Å². The lowest BCUT2D eigenvalue weighted by Gasteiger charge is -2.15. The number of H-pyrrole nitrogens is 1. The fraction of sp³-hybridized carbons (Fsp3) is 0.308. The first-order valence-electron chi connectivity index (χ1n) is 6.25. The molecule has 0 saturated heterocycles. The summed E-state index contributed by atoms with van der Waals surface area (Å²) in [6.45, 7) is 1.85. The molecule has 8 heteroatoms. The Labute approximate surface area is 121 Å². The first kappa shape index (κ1) is 14.6. The number of carbonyl (C=O) groups excluding carboxylic acids is 1. The Morgan fingerprint density at radius 3 is 2.62 bits per heavy atom. The second-order valence-electron chi connectivity index (χ2n) is 4.35. The number of nitrogens with zero attached hydrogens (tertiary/aromatic N) is 2. The fourth-order valence-electron chi connectivity index (χ4n) is 1.85. The van der Waals surface area contributed by atoms with Gasteiger partial charge in [-0.3, -0.25) is 9.89 Å². The van der Waals surface area contributed by atoms with E-state index in [-0.39, 0.29) is 23.7 Å². The van der Waals surface area contributed by atoms with Crippen molar-refractivity contribution in [3.8, 4) is 11.5 Å². The van der Waals surface area contributed by atoms with E-state index < -0.39 is 0 Å². The summed E-state index contributed by atoms with van der Waals surface area (Å²) >= 11 is 0. The van der Waals surface area contributed by atoms with Gasteiger partial charge in [-0.2, -0.15) is 4.98 Å². The summed E-state index contributed by atoms with van der Waals surface area (Å²) in [6, 6.07) is 5.19. The summed E-state index contributed by atoms with van der Waals surface area (Å²) in [5.74, 6) is 0.933. The highest BCUT2D eigenvalue weighted by molar-refractivity contribution is 5.90. The zero-order valence-electron chi connectivity index (χ0n) is 12.0. The van der Waals surface area contributed by atoms with Gasteiger partial charge in [-0.25, -0.2) is 0 Å². The number of amides is 1. The molecule has 0 aliphatic heterocycles. The molecular weight excluding hydrogens is 274 g/mol. The van der Waals surface area contributed by atoms with Gasteiger partial charge in [0.05, 0.1) is 20.3 Å². The first-order valence-corrected chi connectivity index (χ1v) is 6.25. The average Bonchev–Trinajstić information content (AvgIpc) is 2.93. The van der Waals surface area contributed by atoms with Gasteiger partial charge in [0.15, 0.2) is 11.5 Å². The molecule has 0 saturated carbocycles. The molecule has 0 radical (unpaired) electrons. The Morgan fingerprint density at radius 2 is 2.05 bits per heavy atom. The van der Waals surface area contributed by atoms with E-state index in [9.17, 15) is 4.79 Å². The standard InChI is InChI=1S/C13H17N5O3/c1-7(15-12(19)11-16-13(14)18-17-11)8-4-5-9(20-2)10(6-8)21-3/h4-7H,1-3H3,(H,15,19)(H3,14,16,17,18). The van der Waals surface area contributed by atoms with E-state index in [1.54, 1.807) is 26.4 Å². The molecule has 1 aromatic carbocycles. The fourth-order valence-corrected chi connectivity index (χ4v) is 1.85. The minimum absolute atomic E-state index is 0.0268. The molecule has 0 spiro atoms. The number of nitrogens with one attached hydrogen (secondary N) is 2. The maximum atomic E-state index is 12.0. The molecule has 0 bridgehead atoms. The molecule has 21 heavy (non-hydrogen) atoms. The maximum Gasteiger partial charge on any atom is 0.289 e. The molecule has 1 heterocycles. The van der Waals surface area contributed by atoms with Crippen LogP contribution in [-0.4, -0.2) is 35.3 Å². The molecule has 2 aromatic rings. The van der Waals surface area contributed by atoms with E-state index in [1.807, 2.05) is 13.0 Å². The molecule has 1 amide bonds. The summed E-state index contributed by atoms with van der Waals surface area (Å²) in [5, 5.41) is 8.86. The molecule has 112 valence electrons. The smallest absolute Gasteiger partial charge is 0.289 e. The average molecular weight is 291 g/mol. The molecule has 1 unspecified atom stereocenters. The molecule has 0 aliphatic rings. The van der Waals surface area contributed by atoms with Crippen LogP contribution in [0.25, 0.3) is 0 Å².